The molecule has 0 spiro atoms. The van der Waals surface area contributed by atoms with E-state index in [4.69, 9.17) is 10.7 Å². The second-order valence-electron chi connectivity index (χ2n) is 14.2. The lowest BCUT2D eigenvalue weighted by molar-refractivity contribution is 0.660. The van der Waals surface area contributed by atoms with Gasteiger partial charge in [-0.15, -0.1) is 0 Å². The minimum absolute atomic E-state index is 0.0851. The van der Waals surface area contributed by atoms with E-state index in [0.29, 0.717) is 12.4 Å². The van der Waals surface area contributed by atoms with Crippen molar-refractivity contribution >= 4 is 33.2 Å². The van der Waals surface area contributed by atoms with Crippen LogP contribution in [-0.2, 0) is 12.1 Å². The first kappa shape index (κ1) is 31.5. The van der Waals surface area contributed by atoms with Crippen LogP contribution in [0.15, 0.2) is 181 Å². The molecule has 52 heavy (non-hydrogen) atoms. The summed E-state index contributed by atoms with van der Waals surface area (Å²) < 4.78 is 2.40. The molecule has 0 unspecified atom stereocenters. The van der Waals surface area contributed by atoms with Crippen LogP contribution >= 0.6 is 0 Å². The van der Waals surface area contributed by atoms with E-state index in [1.165, 1.54) is 60.8 Å². The van der Waals surface area contributed by atoms with Crippen molar-refractivity contribution in [1.29, 1.82) is 0 Å². The maximum atomic E-state index is 6.87. The van der Waals surface area contributed by atoms with Crippen LogP contribution in [0.4, 0.5) is 0 Å². The number of aliphatic imine (C=N–C) groups is 1. The van der Waals surface area contributed by atoms with Gasteiger partial charge in [0.05, 0.1) is 16.7 Å². The summed E-state index contributed by atoms with van der Waals surface area (Å²) in [5, 5.41) is 2.49. The third kappa shape index (κ3) is 5.34. The summed E-state index contributed by atoms with van der Waals surface area (Å²) in [6.07, 6.45) is 2.02. The Morgan fingerprint density at radius 3 is 1.85 bits per heavy atom. The molecule has 0 amide bonds. The predicted octanol–water partition coefficient (Wildman–Crippen LogP) is 11.9. The summed E-state index contributed by atoms with van der Waals surface area (Å²) in [6, 6.07) is 60.2. The van der Waals surface area contributed by atoms with Crippen molar-refractivity contribution in [3.05, 3.63) is 198 Å². The highest BCUT2D eigenvalue weighted by Gasteiger charge is 2.37. The van der Waals surface area contributed by atoms with Gasteiger partial charge in [0.2, 0.25) is 0 Å². The molecular formula is C49H39N3. The molecule has 0 bridgehead atoms. The molecule has 1 aliphatic carbocycles. The zero-order chi connectivity index (χ0) is 35.2. The van der Waals surface area contributed by atoms with E-state index < -0.39 is 0 Å². The van der Waals surface area contributed by atoms with E-state index in [2.05, 4.69) is 176 Å². The Kier molecular flexibility index (Phi) is 7.70. The van der Waals surface area contributed by atoms with Gasteiger partial charge in [0, 0.05) is 27.4 Å². The zero-order valence-electron chi connectivity index (χ0n) is 29.4. The van der Waals surface area contributed by atoms with Crippen LogP contribution in [0, 0.1) is 0 Å². The van der Waals surface area contributed by atoms with Gasteiger partial charge in [-0.3, -0.25) is 4.99 Å². The van der Waals surface area contributed by atoms with Gasteiger partial charge in [-0.25, -0.2) is 0 Å². The van der Waals surface area contributed by atoms with Gasteiger partial charge in [0.15, 0.2) is 0 Å². The van der Waals surface area contributed by atoms with Crippen molar-refractivity contribution in [2.75, 3.05) is 0 Å². The molecule has 0 radical (unpaired) electrons. The Morgan fingerprint density at radius 1 is 0.558 bits per heavy atom. The molecule has 9 rings (SSSR count). The second-order valence-corrected chi connectivity index (χ2v) is 14.2. The second kappa shape index (κ2) is 12.7. The molecule has 250 valence electrons. The lowest BCUT2D eigenvalue weighted by Gasteiger charge is -2.21. The molecule has 8 aromatic rings. The average molecular weight is 670 g/mol. The Balaban J connectivity index is 1.10. The van der Waals surface area contributed by atoms with Crippen molar-refractivity contribution < 1.29 is 0 Å². The number of aromatic nitrogens is 1. The summed E-state index contributed by atoms with van der Waals surface area (Å²) >= 11 is 0. The molecule has 0 aliphatic heterocycles. The first-order chi connectivity index (χ1) is 25.5. The number of para-hydroxylation sites is 1. The van der Waals surface area contributed by atoms with Crippen LogP contribution in [0.3, 0.4) is 0 Å². The number of nitrogens with zero attached hydrogens (tertiary/aromatic N) is 2. The number of fused-ring (bicyclic) bond motifs is 7. The van der Waals surface area contributed by atoms with Gasteiger partial charge in [0.25, 0.3) is 0 Å². The molecule has 1 aliphatic rings. The van der Waals surface area contributed by atoms with Crippen LogP contribution in [-0.4, -0.2) is 10.3 Å². The number of allylic oxidation sites excluding steroid dienone is 1. The topological polar surface area (TPSA) is 43.3 Å². The maximum absolute atomic E-state index is 6.87. The van der Waals surface area contributed by atoms with Crippen molar-refractivity contribution in [3.8, 4) is 33.4 Å². The molecule has 1 heterocycles. The van der Waals surface area contributed by atoms with Gasteiger partial charge in [0.1, 0.15) is 6.67 Å². The van der Waals surface area contributed by atoms with Gasteiger partial charge in [-0.1, -0.05) is 178 Å². The van der Waals surface area contributed by atoms with Gasteiger partial charge >= 0.3 is 0 Å². The average Bonchev–Trinajstić information content (AvgIpc) is 3.65. The minimum Gasteiger partial charge on any atom is -0.398 e. The minimum atomic E-state index is -0.0851. The number of rotatable bonds is 7. The molecule has 0 fully saturated rings. The molecule has 0 atom stereocenters. The molecule has 7 aromatic carbocycles. The summed E-state index contributed by atoms with van der Waals surface area (Å²) in [7, 11) is 0. The van der Waals surface area contributed by atoms with Crippen molar-refractivity contribution in [2.45, 2.75) is 25.9 Å². The largest absolute Gasteiger partial charge is 0.398 e. The summed E-state index contributed by atoms with van der Waals surface area (Å²) in [6.45, 7) is 5.13. The van der Waals surface area contributed by atoms with Crippen LogP contribution in [0.5, 0.6) is 0 Å². The van der Waals surface area contributed by atoms with E-state index >= 15 is 0 Å². The van der Waals surface area contributed by atoms with Crippen LogP contribution in [0.1, 0.15) is 36.1 Å². The van der Waals surface area contributed by atoms with E-state index in [0.717, 1.165) is 22.4 Å². The molecule has 0 saturated heterocycles. The molecule has 1 aromatic heterocycles. The summed E-state index contributed by atoms with van der Waals surface area (Å²) in [5.41, 5.74) is 22.8. The Hall–Kier alpha value is -6.45. The lowest BCUT2D eigenvalue weighted by Crippen LogP contribution is -2.14. The molecule has 3 nitrogen and oxygen atoms in total. The first-order valence-electron chi connectivity index (χ1n) is 17.9. The highest BCUT2D eigenvalue weighted by Crippen LogP contribution is 2.52. The van der Waals surface area contributed by atoms with Crippen LogP contribution in [0.25, 0.3) is 60.9 Å². The van der Waals surface area contributed by atoms with Gasteiger partial charge in [-0.05, 0) is 62.2 Å². The molecule has 2 N–H and O–H groups in total. The Morgan fingerprint density at radius 2 is 1.13 bits per heavy atom. The fraction of sp³-hybridized carbons (Fsp3) is 0.0816. The Labute approximate surface area is 305 Å². The third-order valence-corrected chi connectivity index (χ3v) is 10.8. The first-order valence-corrected chi connectivity index (χ1v) is 17.9. The monoisotopic (exact) mass is 669 g/mol. The number of hydrogen-bond donors (Lipinski definition) is 1. The predicted molar refractivity (Wildman–Crippen MR) is 219 cm³/mol. The standard InChI is InChI=1S/C49H39N3/c1-49(2)42-19-11-9-18-41(42)47-43(49)30-29-40-39-17-10-12-20-46(39)52(48(40)47)32-51-45(38-15-7-4-8-16-38)31-44(50)37-27-25-36(26-28-37)35-23-21-34(22-24-35)33-13-5-3-6-14-33/h3-31H,32,50H2,1-2H3/b44-31-,51-45+. The molecular weight excluding hydrogens is 631 g/mol. The van der Waals surface area contributed by atoms with Crippen molar-refractivity contribution in [1.82, 2.24) is 4.57 Å². The van der Waals surface area contributed by atoms with Crippen molar-refractivity contribution in [2.24, 2.45) is 10.7 Å². The zero-order valence-corrected chi connectivity index (χ0v) is 29.4. The fourth-order valence-corrected chi connectivity index (χ4v) is 8.03. The number of hydrogen-bond acceptors (Lipinski definition) is 2. The SMILES string of the molecule is CC1(C)c2ccccc2-c2c1ccc1c3ccccc3n(C/N=C(\C=C(/N)c3ccc(-c4ccc(-c5ccccc5)cc4)cc3)c3ccccc3)c21. The number of nitrogens with two attached hydrogens (primary N) is 1. The van der Waals surface area contributed by atoms with E-state index in [9.17, 15) is 0 Å². The fourth-order valence-electron chi connectivity index (χ4n) is 8.03. The van der Waals surface area contributed by atoms with E-state index in [1.807, 2.05) is 18.2 Å². The highest BCUT2D eigenvalue weighted by atomic mass is 15.1. The lowest BCUT2D eigenvalue weighted by atomic mass is 9.82. The number of benzene rings is 7. The molecule has 0 saturated carbocycles. The molecule has 3 heteroatoms. The van der Waals surface area contributed by atoms with Crippen LogP contribution in [0.2, 0.25) is 0 Å². The van der Waals surface area contributed by atoms with Crippen LogP contribution < -0.4 is 5.73 Å². The van der Waals surface area contributed by atoms with Crippen molar-refractivity contribution in [3.63, 3.8) is 0 Å². The summed E-state index contributed by atoms with van der Waals surface area (Å²) in [4.78, 5) is 5.34. The summed E-state index contributed by atoms with van der Waals surface area (Å²) in [5.74, 6) is 0. The van der Waals surface area contributed by atoms with E-state index in [1.54, 1.807) is 0 Å². The van der Waals surface area contributed by atoms with E-state index in [-0.39, 0.29) is 5.41 Å². The maximum Gasteiger partial charge on any atom is 0.115 e. The highest BCUT2D eigenvalue weighted by molar-refractivity contribution is 6.15. The van der Waals surface area contributed by atoms with Gasteiger partial charge < -0.3 is 10.3 Å². The normalized spacial score (nSPS) is 13.7. The quantitative estimate of drug-likeness (QED) is 0.169. The van der Waals surface area contributed by atoms with Gasteiger partial charge in [-0.2, -0.15) is 0 Å². The Bertz CT molecular complexity index is 2640. The smallest absolute Gasteiger partial charge is 0.115 e. The third-order valence-electron chi connectivity index (χ3n) is 10.8.